The summed E-state index contributed by atoms with van der Waals surface area (Å²) in [6.07, 6.45) is 8.77. The SMILES string of the molecule is CC1CCCC(CCN2CCCC(C(=O)O)C2)C1. The van der Waals surface area contributed by atoms with Crippen molar-refractivity contribution in [3.63, 3.8) is 0 Å². The van der Waals surface area contributed by atoms with E-state index in [9.17, 15) is 4.79 Å². The van der Waals surface area contributed by atoms with E-state index in [0.29, 0.717) is 0 Å². The topological polar surface area (TPSA) is 40.5 Å². The Kier molecular flexibility index (Phi) is 5.04. The van der Waals surface area contributed by atoms with E-state index in [1.54, 1.807) is 0 Å². The molecular weight excluding hydrogens is 226 g/mol. The molecule has 0 aromatic carbocycles. The van der Waals surface area contributed by atoms with E-state index < -0.39 is 5.97 Å². The largest absolute Gasteiger partial charge is 0.481 e. The Labute approximate surface area is 111 Å². The number of carboxylic acids is 1. The van der Waals surface area contributed by atoms with Gasteiger partial charge in [0.25, 0.3) is 0 Å². The lowest BCUT2D eigenvalue weighted by molar-refractivity contribution is -0.143. The van der Waals surface area contributed by atoms with Crippen LogP contribution in [0.4, 0.5) is 0 Å². The van der Waals surface area contributed by atoms with Crippen molar-refractivity contribution in [1.29, 1.82) is 0 Å². The number of hydrogen-bond acceptors (Lipinski definition) is 2. The van der Waals surface area contributed by atoms with Crippen LogP contribution in [0.2, 0.25) is 0 Å². The van der Waals surface area contributed by atoms with Gasteiger partial charge in [-0.15, -0.1) is 0 Å². The lowest BCUT2D eigenvalue weighted by Crippen LogP contribution is -2.39. The van der Waals surface area contributed by atoms with Crippen LogP contribution < -0.4 is 0 Å². The summed E-state index contributed by atoms with van der Waals surface area (Å²) in [6.45, 7) is 5.36. The van der Waals surface area contributed by atoms with Crippen molar-refractivity contribution in [2.45, 2.75) is 51.9 Å². The molecule has 0 spiro atoms. The molecule has 1 heterocycles. The molecule has 2 rings (SSSR count). The number of carboxylic acid groups (broad SMARTS) is 1. The normalized spacial score (nSPS) is 34.4. The fraction of sp³-hybridized carbons (Fsp3) is 0.933. The van der Waals surface area contributed by atoms with Crippen molar-refractivity contribution in [3.05, 3.63) is 0 Å². The molecule has 2 fully saturated rings. The van der Waals surface area contributed by atoms with Crippen molar-refractivity contribution < 1.29 is 9.90 Å². The molecule has 104 valence electrons. The first-order chi connectivity index (χ1) is 8.65. The average molecular weight is 253 g/mol. The van der Waals surface area contributed by atoms with Crippen molar-refractivity contribution in [3.8, 4) is 0 Å². The maximum Gasteiger partial charge on any atom is 0.307 e. The summed E-state index contributed by atoms with van der Waals surface area (Å²) in [5.41, 5.74) is 0. The van der Waals surface area contributed by atoms with Crippen LogP contribution >= 0.6 is 0 Å². The Hall–Kier alpha value is -0.570. The molecule has 1 aliphatic heterocycles. The van der Waals surface area contributed by atoms with E-state index in [-0.39, 0.29) is 5.92 Å². The fourth-order valence-corrected chi connectivity index (χ4v) is 3.65. The first-order valence-electron chi connectivity index (χ1n) is 7.60. The Bertz CT molecular complexity index is 280. The third-order valence-corrected chi connectivity index (χ3v) is 4.75. The predicted octanol–water partition coefficient (Wildman–Crippen LogP) is 3.00. The highest BCUT2D eigenvalue weighted by Gasteiger charge is 2.26. The Balaban J connectivity index is 1.71. The van der Waals surface area contributed by atoms with Gasteiger partial charge < -0.3 is 10.0 Å². The summed E-state index contributed by atoms with van der Waals surface area (Å²) in [4.78, 5) is 13.4. The van der Waals surface area contributed by atoms with Gasteiger partial charge in [0.05, 0.1) is 5.92 Å². The summed E-state index contributed by atoms with van der Waals surface area (Å²) in [6, 6.07) is 0. The zero-order chi connectivity index (χ0) is 13.0. The van der Waals surface area contributed by atoms with Crippen LogP contribution in [0.1, 0.15) is 51.9 Å². The highest BCUT2D eigenvalue weighted by molar-refractivity contribution is 5.70. The molecule has 3 nitrogen and oxygen atoms in total. The fourth-order valence-electron chi connectivity index (χ4n) is 3.65. The molecule has 1 aliphatic carbocycles. The highest BCUT2D eigenvalue weighted by Crippen LogP contribution is 2.31. The zero-order valence-electron chi connectivity index (χ0n) is 11.6. The van der Waals surface area contributed by atoms with E-state index in [0.717, 1.165) is 44.3 Å². The van der Waals surface area contributed by atoms with Gasteiger partial charge in [-0.1, -0.05) is 26.2 Å². The van der Waals surface area contributed by atoms with Crippen molar-refractivity contribution in [2.75, 3.05) is 19.6 Å². The molecule has 1 saturated heterocycles. The molecule has 1 saturated carbocycles. The van der Waals surface area contributed by atoms with Crippen LogP contribution in [-0.2, 0) is 4.79 Å². The van der Waals surface area contributed by atoms with E-state index in [1.807, 2.05) is 0 Å². The van der Waals surface area contributed by atoms with Crippen LogP contribution in [0.5, 0.6) is 0 Å². The minimum absolute atomic E-state index is 0.121. The molecule has 0 bridgehead atoms. The second-order valence-corrected chi connectivity index (χ2v) is 6.40. The zero-order valence-corrected chi connectivity index (χ0v) is 11.6. The molecule has 0 radical (unpaired) electrons. The molecule has 2 aliphatic rings. The Morgan fingerprint density at radius 2 is 2.11 bits per heavy atom. The smallest absolute Gasteiger partial charge is 0.307 e. The molecule has 0 amide bonds. The number of aliphatic carboxylic acids is 1. The van der Waals surface area contributed by atoms with E-state index >= 15 is 0 Å². The molecule has 3 heteroatoms. The van der Waals surface area contributed by atoms with Crippen LogP contribution in [-0.4, -0.2) is 35.6 Å². The minimum Gasteiger partial charge on any atom is -0.481 e. The van der Waals surface area contributed by atoms with Gasteiger partial charge in [-0.25, -0.2) is 0 Å². The van der Waals surface area contributed by atoms with Crippen molar-refractivity contribution >= 4 is 5.97 Å². The first-order valence-corrected chi connectivity index (χ1v) is 7.60. The first kappa shape index (κ1) is 13.9. The molecule has 3 atom stereocenters. The van der Waals surface area contributed by atoms with E-state index in [2.05, 4.69) is 11.8 Å². The standard InChI is InChI=1S/C15H27NO2/c1-12-4-2-5-13(10-12)7-9-16-8-3-6-14(11-16)15(17)18/h12-14H,2-11H2,1H3,(H,17,18). The molecule has 3 unspecified atom stereocenters. The molecule has 1 N–H and O–H groups in total. The van der Waals surface area contributed by atoms with Gasteiger partial charge in [0.15, 0.2) is 0 Å². The van der Waals surface area contributed by atoms with Crippen LogP contribution in [0.25, 0.3) is 0 Å². The van der Waals surface area contributed by atoms with Crippen molar-refractivity contribution in [1.82, 2.24) is 4.90 Å². The summed E-state index contributed by atoms with van der Waals surface area (Å²) < 4.78 is 0. The van der Waals surface area contributed by atoms with Gasteiger partial charge in [-0.2, -0.15) is 0 Å². The number of nitrogens with zero attached hydrogens (tertiary/aromatic N) is 1. The summed E-state index contributed by atoms with van der Waals surface area (Å²) in [5.74, 6) is 1.06. The van der Waals surface area contributed by atoms with Crippen LogP contribution in [0, 0.1) is 17.8 Å². The predicted molar refractivity (Wildman–Crippen MR) is 72.5 cm³/mol. The lowest BCUT2D eigenvalue weighted by atomic mass is 9.80. The third kappa shape index (κ3) is 3.98. The lowest BCUT2D eigenvalue weighted by Gasteiger charge is -2.33. The van der Waals surface area contributed by atoms with Crippen LogP contribution in [0.15, 0.2) is 0 Å². The van der Waals surface area contributed by atoms with E-state index in [1.165, 1.54) is 32.1 Å². The quantitative estimate of drug-likeness (QED) is 0.837. The maximum atomic E-state index is 11.0. The Morgan fingerprint density at radius 1 is 1.28 bits per heavy atom. The van der Waals surface area contributed by atoms with Crippen LogP contribution in [0.3, 0.4) is 0 Å². The number of rotatable bonds is 4. The van der Waals surface area contributed by atoms with Gasteiger partial charge in [-0.3, -0.25) is 4.79 Å². The van der Waals surface area contributed by atoms with Crippen molar-refractivity contribution in [2.24, 2.45) is 17.8 Å². The van der Waals surface area contributed by atoms with Gasteiger partial charge in [0.2, 0.25) is 0 Å². The molecule has 18 heavy (non-hydrogen) atoms. The summed E-state index contributed by atoms with van der Waals surface area (Å²) >= 11 is 0. The Morgan fingerprint density at radius 3 is 2.83 bits per heavy atom. The average Bonchev–Trinajstić information content (AvgIpc) is 2.37. The van der Waals surface area contributed by atoms with Gasteiger partial charge in [0.1, 0.15) is 0 Å². The molecule has 0 aromatic rings. The van der Waals surface area contributed by atoms with Gasteiger partial charge in [0, 0.05) is 6.54 Å². The molecular formula is C15H27NO2. The van der Waals surface area contributed by atoms with E-state index in [4.69, 9.17) is 5.11 Å². The second-order valence-electron chi connectivity index (χ2n) is 6.40. The number of likely N-dealkylation sites (tertiary alicyclic amines) is 1. The third-order valence-electron chi connectivity index (χ3n) is 4.75. The monoisotopic (exact) mass is 253 g/mol. The number of hydrogen-bond donors (Lipinski definition) is 1. The number of carbonyl (C=O) groups is 1. The maximum absolute atomic E-state index is 11.0. The van der Waals surface area contributed by atoms with Gasteiger partial charge >= 0.3 is 5.97 Å². The number of piperidine rings is 1. The van der Waals surface area contributed by atoms with Gasteiger partial charge in [-0.05, 0) is 50.6 Å². The summed E-state index contributed by atoms with van der Waals surface area (Å²) in [7, 11) is 0. The molecule has 0 aromatic heterocycles. The second kappa shape index (κ2) is 6.55. The minimum atomic E-state index is -0.606. The highest BCUT2D eigenvalue weighted by atomic mass is 16.4. The summed E-state index contributed by atoms with van der Waals surface area (Å²) in [5, 5.41) is 9.08.